The number of pyridine rings is 1. The summed E-state index contributed by atoms with van der Waals surface area (Å²) in [4.78, 5) is 16.1. The number of aromatic hydroxyl groups is 1. The summed E-state index contributed by atoms with van der Waals surface area (Å²) in [5, 5.41) is 11.6. The number of aromatic nitrogens is 3. The number of imidazole rings is 1. The van der Waals surface area contributed by atoms with Gasteiger partial charge < -0.3 is 5.11 Å². The van der Waals surface area contributed by atoms with Gasteiger partial charge in [-0.3, -0.25) is 4.79 Å². The quantitative estimate of drug-likeness (QED) is 0.535. The number of nitrogens with zero attached hydrogens (tertiary/aromatic N) is 3. The van der Waals surface area contributed by atoms with E-state index in [-0.39, 0.29) is 17.7 Å². The smallest absolute Gasteiger partial charge is 0.334 e. The van der Waals surface area contributed by atoms with Crippen molar-refractivity contribution >= 4 is 29.1 Å². The minimum Gasteiger partial charge on any atom is -0.475 e. The number of fused-ring (bicyclic) bond motifs is 1. The van der Waals surface area contributed by atoms with Crippen LogP contribution in [0.5, 0.6) is 5.88 Å². The monoisotopic (exact) mass is 324 g/mol. The maximum absolute atomic E-state index is 11.9. The zero-order chi connectivity index (χ0) is 15.1. The number of ketones is 1. The lowest BCUT2D eigenvalue weighted by Gasteiger charge is -2.08. The summed E-state index contributed by atoms with van der Waals surface area (Å²) in [5.41, 5.74) is 1.34. The molecule has 0 amide bonds. The highest BCUT2D eigenvalue weighted by molar-refractivity contribution is 7.99. The maximum atomic E-state index is 11.9. The van der Waals surface area contributed by atoms with Crippen molar-refractivity contribution in [3.8, 4) is 5.88 Å². The molecule has 3 heterocycles. The average Bonchev–Trinajstić information content (AvgIpc) is 2.96. The molecular formula is C14H15ClN3O2S+. The minimum atomic E-state index is -0.143. The van der Waals surface area contributed by atoms with Crippen LogP contribution in [0.3, 0.4) is 0 Å². The van der Waals surface area contributed by atoms with Gasteiger partial charge >= 0.3 is 11.0 Å². The van der Waals surface area contributed by atoms with Crippen molar-refractivity contribution < 1.29 is 14.5 Å². The summed E-state index contributed by atoms with van der Waals surface area (Å²) in [5.74, 6) is 0.702. The minimum absolute atomic E-state index is 0.0210. The highest BCUT2D eigenvalue weighted by Gasteiger charge is 2.42. The average molecular weight is 325 g/mol. The van der Waals surface area contributed by atoms with Gasteiger partial charge in [0.2, 0.25) is 5.78 Å². The Kier molecular flexibility index (Phi) is 3.67. The van der Waals surface area contributed by atoms with Gasteiger partial charge in [-0.2, -0.15) is 4.57 Å². The van der Waals surface area contributed by atoms with Crippen LogP contribution in [-0.2, 0) is 6.54 Å². The van der Waals surface area contributed by atoms with Crippen molar-refractivity contribution in [2.45, 2.75) is 31.6 Å². The van der Waals surface area contributed by atoms with Crippen molar-refractivity contribution in [3.05, 3.63) is 34.7 Å². The van der Waals surface area contributed by atoms with Gasteiger partial charge in [0.05, 0.1) is 12.3 Å². The number of Topliss-reactive ketones (excluding diaryl/α,β-unsaturated/α-hetero) is 1. The third-order valence-corrected chi connectivity index (χ3v) is 4.99. The SMILES string of the molecule is CC[n+]1c(O)c(C(C)=O)n2c1SCC2c1ccc(Cl)nc1. The Labute approximate surface area is 131 Å². The van der Waals surface area contributed by atoms with Crippen LogP contribution in [0.4, 0.5) is 0 Å². The second-order valence-corrected chi connectivity index (χ2v) is 6.24. The second kappa shape index (κ2) is 5.35. The second-order valence-electron chi connectivity index (χ2n) is 4.87. The fourth-order valence-corrected chi connectivity index (χ4v) is 4.15. The molecule has 1 aliphatic heterocycles. The van der Waals surface area contributed by atoms with Gasteiger partial charge in [0, 0.05) is 18.7 Å². The van der Waals surface area contributed by atoms with Gasteiger partial charge in [-0.05, 0) is 24.8 Å². The van der Waals surface area contributed by atoms with Gasteiger partial charge in [-0.25, -0.2) is 9.55 Å². The Bertz CT molecular complexity index is 712. The molecule has 110 valence electrons. The normalized spacial score (nSPS) is 17.0. The predicted octanol–water partition coefficient (Wildman–Crippen LogP) is 2.45. The van der Waals surface area contributed by atoms with Gasteiger partial charge in [0.15, 0.2) is 0 Å². The molecule has 1 atom stereocenters. The number of rotatable bonds is 3. The summed E-state index contributed by atoms with van der Waals surface area (Å²) < 4.78 is 3.68. The summed E-state index contributed by atoms with van der Waals surface area (Å²) in [6, 6.07) is 3.63. The molecule has 0 aliphatic carbocycles. The zero-order valence-corrected chi connectivity index (χ0v) is 13.3. The van der Waals surface area contributed by atoms with Crippen LogP contribution < -0.4 is 4.57 Å². The number of carbonyl (C=O) groups excluding carboxylic acids is 1. The zero-order valence-electron chi connectivity index (χ0n) is 11.7. The van der Waals surface area contributed by atoms with E-state index in [0.717, 1.165) is 16.5 Å². The molecule has 0 spiro atoms. The Morgan fingerprint density at radius 2 is 2.38 bits per heavy atom. The first kappa shape index (κ1) is 14.4. The van der Waals surface area contributed by atoms with E-state index in [1.54, 1.807) is 28.6 Å². The Morgan fingerprint density at radius 1 is 1.62 bits per heavy atom. The maximum Gasteiger partial charge on any atom is 0.334 e. The molecule has 1 unspecified atom stereocenters. The van der Waals surface area contributed by atoms with Crippen LogP contribution in [0, 0.1) is 0 Å². The number of halogens is 1. The summed E-state index contributed by atoms with van der Waals surface area (Å²) in [6.45, 7) is 4.04. The Balaban J connectivity index is 2.17. The fraction of sp³-hybridized carbons (Fsp3) is 0.357. The summed E-state index contributed by atoms with van der Waals surface area (Å²) >= 11 is 7.46. The standard InChI is InChI=1S/C14H14ClN3O2S/c1-3-17-13(20)12(8(2)19)18-10(7-21-14(17)18)9-4-5-11(15)16-6-9/h4-6,10H,3,7H2,1-2H3/p+1. The molecular weight excluding hydrogens is 310 g/mol. The van der Waals surface area contributed by atoms with Crippen molar-refractivity contribution in [2.75, 3.05) is 5.75 Å². The van der Waals surface area contributed by atoms with Crippen LogP contribution >= 0.6 is 23.4 Å². The summed E-state index contributed by atoms with van der Waals surface area (Å²) in [7, 11) is 0. The highest BCUT2D eigenvalue weighted by Crippen LogP contribution is 2.39. The molecule has 2 aromatic rings. The lowest BCUT2D eigenvalue weighted by molar-refractivity contribution is -0.734. The van der Waals surface area contributed by atoms with E-state index >= 15 is 0 Å². The molecule has 0 aromatic carbocycles. The van der Waals surface area contributed by atoms with E-state index in [0.29, 0.717) is 17.4 Å². The molecule has 21 heavy (non-hydrogen) atoms. The van der Waals surface area contributed by atoms with Gasteiger partial charge in [-0.1, -0.05) is 17.7 Å². The van der Waals surface area contributed by atoms with E-state index in [1.807, 2.05) is 17.6 Å². The molecule has 1 N–H and O–H groups in total. The molecule has 7 heteroatoms. The van der Waals surface area contributed by atoms with Crippen LogP contribution in [0.25, 0.3) is 0 Å². The first-order chi connectivity index (χ1) is 10.0. The van der Waals surface area contributed by atoms with Gasteiger partial charge in [0.25, 0.3) is 5.69 Å². The molecule has 0 bridgehead atoms. The van der Waals surface area contributed by atoms with Crippen molar-refractivity contribution in [2.24, 2.45) is 0 Å². The lowest BCUT2D eigenvalue weighted by Crippen LogP contribution is -2.33. The molecule has 3 rings (SSSR count). The van der Waals surface area contributed by atoms with Crippen LogP contribution in [0.1, 0.15) is 35.9 Å². The number of carbonyl (C=O) groups is 1. The molecule has 2 aromatic heterocycles. The molecule has 1 aliphatic rings. The van der Waals surface area contributed by atoms with Crippen LogP contribution in [0.2, 0.25) is 5.15 Å². The van der Waals surface area contributed by atoms with E-state index in [4.69, 9.17) is 11.6 Å². The van der Waals surface area contributed by atoms with Crippen molar-refractivity contribution in [1.29, 1.82) is 0 Å². The molecule has 0 saturated heterocycles. The van der Waals surface area contributed by atoms with Crippen LogP contribution in [-0.4, -0.2) is 26.2 Å². The number of hydrogen-bond acceptors (Lipinski definition) is 4. The van der Waals surface area contributed by atoms with Gasteiger partial charge in [0.1, 0.15) is 11.2 Å². The first-order valence-electron chi connectivity index (χ1n) is 6.66. The van der Waals surface area contributed by atoms with E-state index in [9.17, 15) is 9.90 Å². The molecule has 0 fully saturated rings. The Hall–Kier alpha value is -1.53. The predicted molar refractivity (Wildman–Crippen MR) is 80.1 cm³/mol. The third-order valence-electron chi connectivity index (χ3n) is 3.61. The van der Waals surface area contributed by atoms with E-state index in [2.05, 4.69) is 4.98 Å². The topological polar surface area (TPSA) is 59.0 Å². The van der Waals surface area contributed by atoms with E-state index in [1.165, 1.54) is 6.92 Å². The first-order valence-corrected chi connectivity index (χ1v) is 8.03. The number of thioether (sulfide) groups is 1. The highest BCUT2D eigenvalue weighted by atomic mass is 35.5. The summed E-state index contributed by atoms with van der Waals surface area (Å²) in [6.07, 6.45) is 1.72. The molecule has 0 radical (unpaired) electrons. The Morgan fingerprint density at radius 3 is 2.95 bits per heavy atom. The van der Waals surface area contributed by atoms with Gasteiger partial charge in [-0.15, -0.1) is 0 Å². The van der Waals surface area contributed by atoms with Crippen molar-refractivity contribution in [1.82, 2.24) is 9.55 Å². The molecule has 5 nitrogen and oxygen atoms in total. The molecule has 0 saturated carbocycles. The van der Waals surface area contributed by atoms with Crippen molar-refractivity contribution in [3.63, 3.8) is 0 Å². The largest absolute Gasteiger partial charge is 0.475 e. The van der Waals surface area contributed by atoms with E-state index < -0.39 is 0 Å². The fourth-order valence-electron chi connectivity index (χ4n) is 2.66. The lowest BCUT2D eigenvalue weighted by atomic mass is 10.1. The number of hydrogen-bond donors (Lipinski definition) is 1. The third kappa shape index (κ3) is 2.22. The van der Waals surface area contributed by atoms with Crippen LogP contribution in [0.15, 0.2) is 23.5 Å².